The van der Waals surface area contributed by atoms with Crippen LogP contribution in [0, 0.1) is 23.3 Å². The molecule has 0 fully saturated rings. The molecule has 136 valence electrons. The molecule has 1 aromatic heterocycles. The minimum atomic E-state index is -1.49. The number of carbonyl (C=O) groups excluding carboxylic acids is 2. The molecule has 0 unspecified atom stereocenters. The molecule has 0 amide bonds. The van der Waals surface area contributed by atoms with Gasteiger partial charge >= 0.3 is 5.97 Å². The molecule has 2 rings (SSSR count). The van der Waals surface area contributed by atoms with Crippen LogP contribution in [0.25, 0.3) is 0 Å². The summed E-state index contributed by atoms with van der Waals surface area (Å²) in [5.74, 6) is -7.51. The lowest BCUT2D eigenvalue weighted by atomic mass is 10.0. The lowest BCUT2D eigenvalue weighted by Crippen LogP contribution is -2.19. The van der Waals surface area contributed by atoms with E-state index in [2.05, 4.69) is 10.3 Å². The average Bonchev–Trinajstić information content (AvgIpc) is 2.60. The Balaban J connectivity index is 2.43. The van der Waals surface area contributed by atoms with Gasteiger partial charge in [0.2, 0.25) is 5.78 Å². The third-order valence-corrected chi connectivity index (χ3v) is 3.14. The number of ketones is 1. The molecule has 0 saturated carbocycles. The second-order valence-corrected chi connectivity index (χ2v) is 4.85. The van der Waals surface area contributed by atoms with E-state index in [9.17, 15) is 27.2 Å². The van der Waals surface area contributed by atoms with Gasteiger partial charge in [-0.1, -0.05) is 0 Å². The molecule has 1 heterocycles. The molecule has 2 aromatic rings. The van der Waals surface area contributed by atoms with E-state index in [4.69, 9.17) is 4.74 Å². The van der Waals surface area contributed by atoms with Crippen LogP contribution in [0.2, 0.25) is 0 Å². The molecule has 0 saturated heterocycles. The molecule has 9 heteroatoms. The van der Waals surface area contributed by atoms with Gasteiger partial charge in [-0.3, -0.25) is 9.78 Å². The summed E-state index contributed by atoms with van der Waals surface area (Å²) in [5.41, 5.74) is -1.73. The average molecular weight is 368 g/mol. The number of rotatable bonds is 6. The van der Waals surface area contributed by atoms with Crippen molar-refractivity contribution < 1.29 is 31.9 Å². The Morgan fingerprint density at radius 1 is 1.12 bits per heavy atom. The molecule has 0 spiro atoms. The number of aromatic nitrogens is 1. The van der Waals surface area contributed by atoms with Crippen LogP contribution in [0.15, 0.2) is 42.4 Å². The van der Waals surface area contributed by atoms with Gasteiger partial charge in [-0.15, -0.1) is 0 Å². The quantitative estimate of drug-likeness (QED) is 0.161. The number of hydrogen-bond donors (Lipinski definition) is 1. The summed E-state index contributed by atoms with van der Waals surface area (Å²) in [6, 6.07) is 1.73. The van der Waals surface area contributed by atoms with Gasteiger partial charge in [0.05, 0.1) is 24.1 Å². The zero-order valence-electron chi connectivity index (χ0n) is 13.4. The number of halogens is 4. The fourth-order valence-electron chi connectivity index (χ4n) is 1.91. The van der Waals surface area contributed by atoms with E-state index >= 15 is 0 Å². The van der Waals surface area contributed by atoms with E-state index in [1.165, 1.54) is 19.2 Å². The molecule has 0 aliphatic rings. The van der Waals surface area contributed by atoms with Crippen molar-refractivity contribution in [3.8, 4) is 0 Å². The molecule has 1 N–H and O–H groups in total. The fourth-order valence-corrected chi connectivity index (χ4v) is 1.91. The summed E-state index contributed by atoms with van der Waals surface area (Å²) in [5, 5.41) is 2.36. The van der Waals surface area contributed by atoms with Crippen LogP contribution in [0.3, 0.4) is 0 Å². The van der Waals surface area contributed by atoms with Crippen LogP contribution in [0.4, 0.5) is 23.2 Å². The Morgan fingerprint density at radius 3 is 2.46 bits per heavy atom. The van der Waals surface area contributed by atoms with Crippen LogP contribution >= 0.6 is 0 Å². The highest BCUT2D eigenvalue weighted by Gasteiger charge is 2.25. The topological polar surface area (TPSA) is 68.3 Å². The first kappa shape index (κ1) is 19.1. The Labute approximate surface area is 145 Å². The lowest BCUT2D eigenvalue weighted by molar-refractivity contribution is -0.138. The third-order valence-electron chi connectivity index (χ3n) is 3.14. The summed E-state index contributed by atoms with van der Waals surface area (Å²) in [6.07, 6.45) is 2.93. The van der Waals surface area contributed by atoms with Crippen LogP contribution in [-0.2, 0) is 9.53 Å². The van der Waals surface area contributed by atoms with Gasteiger partial charge in [0.1, 0.15) is 11.4 Å². The van der Waals surface area contributed by atoms with Crippen molar-refractivity contribution in [2.24, 2.45) is 0 Å². The molecular weight excluding hydrogens is 356 g/mol. The number of Topliss-reactive ketones (excluding diaryl/α,β-unsaturated/α-hetero) is 1. The maximum Gasteiger partial charge on any atom is 0.343 e. The van der Waals surface area contributed by atoms with E-state index in [0.717, 1.165) is 12.4 Å². The number of nitrogens with zero attached hydrogens (tertiary/aromatic N) is 1. The first-order valence-corrected chi connectivity index (χ1v) is 7.27. The standard InChI is InChI=1S/C17H12F4N2O3/c1-2-26-17(25)10(7-23-15-3-4-22-8-14(15)21)16(24)9-5-12(19)13(20)6-11(9)18/h3-8H,2H2,1H3,(H,22,23)/b10-7+. The molecular formula is C17H12F4N2O3. The maximum atomic E-state index is 13.8. The number of hydrogen-bond acceptors (Lipinski definition) is 5. The smallest absolute Gasteiger partial charge is 0.343 e. The van der Waals surface area contributed by atoms with E-state index < -0.39 is 46.2 Å². The van der Waals surface area contributed by atoms with Gasteiger partial charge in [0.15, 0.2) is 17.5 Å². The van der Waals surface area contributed by atoms with Crippen molar-refractivity contribution in [1.82, 2.24) is 4.98 Å². The van der Waals surface area contributed by atoms with E-state index in [0.29, 0.717) is 6.07 Å². The Kier molecular flexibility index (Phi) is 6.05. The van der Waals surface area contributed by atoms with Crippen molar-refractivity contribution in [2.75, 3.05) is 11.9 Å². The summed E-state index contributed by atoms with van der Waals surface area (Å²) < 4.78 is 58.4. The zero-order chi connectivity index (χ0) is 19.3. The highest BCUT2D eigenvalue weighted by atomic mass is 19.2. The number of ether oxygens (including phenoxy) is 1. The number of esters is 1. The SMILES string of the molecule is CCOC(=O)/C(=C/Nc1ccncc1F)C(=O)c1cc(F)c(F)cc1F. The highest BCUT2D eigenvalue weighted by molar-refractivity contribution is 6.24. The normalized spacial score (nSPS) is 11.2. The first-order chi connectivity index (χ1) is 12.3. The predicted octanol–water partition coefficient (Wildman–Crippen LogP) is 3.38. The Hall–Kier alpha value is -3.23. The van der Waals surface area contributed by atoms with Crippen LogP contribution in [0.5, 0.6) is 0 Å². The largest absolute Gasteiger partial charge is 0.462 e. The maximum absolute atomic E-state index is 13.8. The van der Waals surface area contributed by atoms with Gasteiger partial charge in [-0.25, -0.2) is 22.4 Å². The molecule has 0 aliphatic heterocycles. The molecule has 0 aliphatic carbocycles. The first-order valence-electron chi connectivity index (χ1n) is 7.27. The Morgan fingerprint density at radius 2 is 1.81 bits per heavy atom. The van der Waals surface area contributed by atoms with Crippen molar-refractivity contribution in [1.29, 1.82) is 0 Å². The minimum absolute atomic E-state index is 0.104. The van der Waals surface area contributed by atoms with Crippen LogP contribution in [-0.4, -0.2) is 23.3 Å². The molecule has 1 aromatic carbocycles. The number of anilines is 1. The summed E-state index contributed by atoms with van der Waals surface area (Å²) >= 11 is 0. The van der Waals surface area contributed by atoms with Gasteiger partial charge < -0.3 is 10.1 Å². The molecule has 0 radical (unpaired) electrons. The molecule has 5 nitrogen and oxygen atoms in total. The van der Waals surface area contributed by atoms with Gasteiger partial charge in [-0.05, 0) is 19.1 Å². The van der Waals surface area contributed by atoms with Gasteiger partial charge in [0.25, 0.3) is 0 Å². The van der Waals surface area contributed by atoms with Crippen LogP contribution in [0.1, 0.15) is 17.3 Å². The second kappa shape index (κ2) is 8.24. The van der Waals surface area contributed by atoms with Gasteiger partial charge in [0, 0.05) is 18.5 Å². The number of carbonyl (C=O) groups is 2. The summed E-state index contributed by atoms with van der Waals surface area (Å²) in [6.45, 7) is 1.36. The van der Waals surface area contributed by atoms with Crippen molar-refractivity contribution in [3.63, 3.8) is 0 Å². The third kappa shape index (κ3) is 4.24. The molecule has 0 atom stereocenters. The van der Waals surface area contributed by atoms with Crippen molar-refractivity contribution in [3.05, 3.63) is 71.2 Å². The van der Waals surface area contributed by atoms with E-state index in [1.54, 1.807) is 0 Å². The van der Waals surface area contributed by atoms with Crippen molar-refractivity contribution >= 4 is 17.4 Å². The van der Waals surface area contributed by atoms with Crippen LogP contribution < -0.4 is 5.32 Å². The van der Waals surface area contributed by atoms with E-state index in [1.807, 2.05) is 0 Å². The van der Waals surface area contributed by atoms with Crippen molar-refractivity contribution in [2.45, 2.75) is 6.92 Å². The zero-order valence-corrected chi connectivity index (χ0v) is 13.4. The minimum Gasteiger partial charge on any atom is -0.462 e. The monoisotopic (exact) mass is 368 g/mol. The molecule has 0 bridgehead atoms. The summed E-state index contributed by atoms with van der Waals surface area (Å²) in [7, 11) is 0. The number of benzene rings is 1. The van der Waals surface area contributed by atoms with E-state index in [-0.39, 0.29) is 18.4 Å². The summed E-state index contributed by atoms with van der Waals surface area (Å²) in [4.78, 5) is 27.9. The lowest BCUT2D eigenvalue weighted by Gasteiger charge is -2.09. The predicted molar refractivity (Wildman–Crippen MR) is 83.2 cm³/mol. The molecule has 26 heavy (non-hydrogen) atoms. The fraction of sp³-hybridized carbons (Fsp3) is 0.118. The number of nitrogens with one attached hydrogen (secondary N) is 1. The number of pyridine rings is 1. The van der Waals surface area contributed by atoms with Gasteiger partial charge in [-0.2, -0.15) is 0 Å². The Bertz CT molecular complexity index is 884. The second-order valence-electron chi connectivity index (χ2n) is 4.85. The highest BCUT2D eigenvalue weighted by Crippen LogP contribution is 2.19.